The van der Waals surface area contributed by atoms with Gasteiger partial charge in [-0.05, 0) is 41.8 Å². The normalized spacial score (nSPS) is 18.8. The number of aliphatic hydroxyl groups excluding tert-OH is 1. The molecule has 0 aliphatic carbocycles. The first kappa shape index (κ1) is 22.6. The Labute approximate surface area is 136 Å². The number of hydrogen-bond donors (Lipinski definition) is 4. The first-order valence-electron chi connectivity index (χ1n) is 7.57. The largest absolute Gasteiger partial charge is 0.404 e. The average molecular weight is 344 g/mol. The summed E-state index contributed by atoms with van der Waals surface area (Å²) in [6.07, 6.45) is -7.19. The van der Waals surface area contributed by atoms with E-state index >= 15 is 0 Å². The van der Waals surface area contributed by atoms with Crippen LogP contribution in [0.3, 0.4) is 0 Å². The third-order valence-corrected chi connectivity index (χ3v) is 3.06. The van der Waals surface area contributed by atoms with E-state index in [2.05, 4.69) is 10.6 Å². The summed E-state index contributed by atoms with van der Waals surface area (Å²) in [6, 6.07) is -2.24. The number of ether oxygens (including phenoxy) is 1. The lowest BCUT2D eigenvalue weighted by atomic mass is 9.93. The maximum absolute atomic E-state index is 13.1. The van der Waals surface area contributed by atoms with Gasteiger partial charge >= 0.3 is 6.18 Å². The standard InChI is InChI=1S/C14H31F3N4O2/c1-7-23-12(22)9(10(18)14(15,16)17)11(19-8-21(5)6)20-13(2,3)4/h9-12,19-20,22H,7-8,18H2,1-6H3. The van der Waals surface area contributed by atoms with Crippen molar-refractivity contribution in [3.8, 4) is 0 Å². The molecule has 23 heavy (non-hydrogen) atoms. The van der Waals surface area contributed by atoms with Crippen LogP contribution in [0.15, 0.2) is 0 Å². The Bertz CT molecular complexity index is 335. The van der Waals surface area contributed by atoms with Crippen LogP contribution in [0.4, 0.5) is 13.2 Å². The zero-order valence-electron chi connectivity index (χ0n) is 14.7. The van der Waals surface area contributed by atoms with Gasteiger partial charge in [0.1, 0.15) is 6.04 Å². The van der Waals surface area contributed by atoms with Gasteiger partial charge in [-0.2, -0.15) is 13.2 Å². The third-order valence-electron chi connectivity index (χ3n) is 3.06. The molecule has 0 heterocycles. The highest BCUT2D eigenvalue weighted by molar-refractivity contribution is 4.91. The molecule has 0 aromatic carbocycles. The van der Waals surface area contributed by atoms with Crippen LogP contribution >= 0.6 is 0 Å². The summed E-state index contributed by atoms with van der Waals surface area (Å²) >= 11 is 0. The summed E-state index contributed by atoms with van der Waals surface area (Å²) in [7, 11) is 3.55. The molecule has 140 valence electrons. The van der Waals surface area contributed by atoms with Gasteiger partial charge in [-0.15, -0.1) is 0 Å². The fourth-order valence-electron chi connectivity index (χ4n) is 2.08. The van der Waals surface area contributed by atoms with Gasteiger partial charge in [0.15, 0.2) is 6.29 Å². The number of nitrogens with two attached hydrogens (primary N) is 1. The third kappa shape index (κ3) is 8.83. The van der Waals surface area contributed by atoms with Crippen molar-refractivity contribution in [1.82, 2.24) is 15.5 Å². The van der Waals surface area contributed by atoms with E-state index in [1.54, 1.807) is 25.9 Å². The molecule has 0 saturated carbocycles. The number of alkyl halides is 3. The first-order valence-corrected chi connectivity index (χ1v) is 7.57. The summed E-state index contributed by atoms with van der Waals surface area (Å²) in [5, 5.41) is 16.1. The molecule has 0 bridgehead atoms. The molecule has 5 N–H and O–H groups in total. The summed E-state index contributed by atoms with van der Waals surface area (Å²) in [6.45, 7) is 7.45. The van der Waals surface area contributed by atoms with Crippen molar-refractivity contribution in [3.05, 3.63) is 0 Å². The van der Waals surface area contributed by atoms with Crippen molar-refractivity contribution >= 4 is 0 Å². The van der Waals surface area contributed by atoms with Crippen molar-refractivity contribution in [2.24, 2.45) is 11.7 Å². The molecule has 0 saturated heterocycles. The Balaban J connectivity index is 5.49. The summed E-state index contributed by atoms with van der Waals surface area (Å²) in [5.41, 5.74) is 4.91. The van der Waals surface area contributed by atoms with E-state index in [0.717, 1.165) is 0 Å². The second-order valence-corrected chi connectivity index (χ2v) is 6.80. The van der Waals surface area contributed by atoms with Crippen LogP contribution in [0.5, 0.6) is 0 Å². The lowest BCUT2D eigenvalue weighted by Gasteiger charge is -2.40. The van der Waals surface area contributed by atoms with Crippen molar-refractivity contribution in [1.29, 1.82) is 0 Å². The molecular formula is C14H31F3N4O2. The topological polar surface area (TPSA) is 82.8 Å². The molecule has 4 unspecified atom stereocenters. The van der Waals surface area contributed by atoms with E-state index in [9.17, 15) is 18.3 Å². The lowest BCUT2D eigenvalue weighted by molar-refractivity contribution is -0.209. The number of nitrogens with zero attached hydrogens (tertiary/aromatic N) is 1. The van der Waals surface area contributed by atoms with Gasteiger partial charge in [0.2, 0.25) is 0 Å². The van der Waals surface area contributed by atoms with Gasteiger partial charge in [-0.3, -0.25) is 15.5 Å². The summed E-state index contributed by atoms with van der Waals surface area (Å²) in [4.78, 5) is 1.76. The van der Waals surface area contributed by atoms with Crippen molar-refractivity contribution < 1.29 is 23.0 Å². The number of hydrogen-bond acceptors (Lipinski definition) is 6. The van der Waals surface area contributed by atoms with Crippen LogP contribution in [-0.4, -0.2) is 67.6 Å². The van der Waals surface area contributed by atoms with Crippen molar-refractivity contribution in [3.63, 3.8) is 0 Å². The SMILES string of the molecule is CCOC(O)C(C(NCN(C)C)NC(C)(C)C)C(N)C(F)(F)F. The maximum atomic E-state index is 13.1. The molecule has 6 nitrogen and oxygen atoms in total. The summed E-state index contributed by atoms with van der Waals surface area (Å²) < 4.78 is 44.4. The predicted octanol–water partition coefficient (Wildman–Crippen LogP) is 0.670. The smallest absolute Gasteiger partial charge is 0.368 e. The molecule has 0 spiro atoms. The monoisotopic (exact) mass is 344 g/mol. The fourth-order valence-corrected chi connectivity index (χ4v) is 2.08. The van der Waals surface area contributed by atoms with Gasteiger partial charge in [-0.1, -0.05) is 0 Å². The Morgan fingerprint density at radius 1 is 1.22 bits per heavy atom. The van der Waals surface area contributed by atoms with E-state index in [-0.39, 0.29) is 6.61 Å². The van der Waals surface area contributed by atoms with Crippen molar-refractivity contribution in [2.45, 2.75) is 57.9 Å². The second kappa shape index (κ2) is 9.14. The summed E-state index contributed by atoms with van der Waals surface area (Å²) in [5.74, 6) is -1.41. The minimum atomic E-state index is -4.65. The van der Waals surface area contributed by atoms with E-state index in [1.807, 2.05) is 20.8 Å². The predicted molar refractivity (Wildman–Crippen MR) is 83.5 cm³/mol. The molecule has 0 rings (SSSR count). The second-order valence-electron chi connectivity index (χ2n) is 6.80. The quantitative estimate of drug-likeness (QED) is 0.460. The molecule has 0 aromatic rings. The Morgan fingerprint density at radius 2 is 1.74 bits per heavy atom. The van der Waals surface area contributed by atoms with Crippen LogP contribution in [0.1, 0.15) is 27.7 Å². The van der Waals surface area contributed by atoms with Gasteiger partial charge in [0.05, 0.1) is 12.1 Å². The van der Waals surface area contributed by atoms with Crippen LogP contribution in [0.25, 0.3) is 0 Å². The van der Waals surface area contributed by atoms with Crippen molar-refractivity contribution in [2.75, 3.05) is 27.4 Å². The molecule has 9 heteroatoms. The number of aliphatic hydroxyl groups is 1. The molecule has 0 amide bonds. The Hall–Kier alpha value is -0.450. The molecule has 4 atom stereocenters. The molecular weight excluding hydrogens is 313 g/mol. The van der Waals surface area contributed by atoms with Gasteiger partial charge in [0, 0.05) is 18.8 Å². The van der Waals surface area contributed by atoms with Gasteiger partial charge < -0.3 is 15.6 Å². The molecule has 0 aromatic heterocycles. The maximum Gasteiger partial charge on any atom is 0.404 e. The molecule has 0 aliphatic heterocycles. The van der Waals surface area contributed by atoms with E-state index in [1.165, 1.54) is 0 Å². The van der Waals surface area contributed by atoms with Crippen LogP contribution in [0, 0.1) is 5.92 Å². The average Bonchev–Trinajstić information content (AvgIpc) is 2.33. The molecule has 0 aliphatic rings. The Kier molecular flexibility index (Phi) is 8.96. The van der Waals surface area contributed by atoms with Crippen LogP contribution in [-0.2, 0) is 4.74 Å². The number of nitrogens with one attached hydrogen (secondary N) is 2. The van der Waals surface area contributed by atoms with Crippen LogP contribution < -0.4 is 16.4 Å². The highest BCUT2D eigenvalue weighted by atomic mass is 19.4. The van der Waals surface area contributed by atoms with Crippen LogP contribution in [0.2, 0.25) is 0 Å². The highest BCUT2D eigenvalue weighted by Gasteiger charge is 2.48. The highest BCUT2D eigenvalue weighted by Crippen LogP contribution is 2.28. The fraction of sp³-hybridized carbons (Fsp3) is 1.00. The molecule has 0 radical (unpaired) electrons. The first-order chi connectivity index (χ1) is 10.3. The number of halogens is 3. The van der Waals surface area contributed by atoms with Gasteiger partial charge in [0.25, 0.3) is 0 Å². The zero-order valence-corrected chi connectivity index (χ0v) is 14.7. The van der Waals surface area contributed by atoms with E-state index in [0.29, 0.717) is 6.67 Å². The van der Waals surface area contributed by atoms with Gasteiger partial charge in [-0.25, -0.2) is 0 Å². The van der Waals surface area contributed by atoms with E-state index in [4.69, 9.17) is 10.5 Å². The Morgan fingerprint density at radius 3 is 2.09 bits per heavy atom. The lowest BCUT2D eigenvalue weighted by Crippen LogP contribution is -2.65. The number of rotatable bonds is 9. The minimum absolute atomic E-state index is 0.0815. The molecule has 0 fully saturated rings. The zero-order chi connectivity index (χ0) is 18.4. The minimum Gasteiger partial charge on any atom is -0.368 e. The van der Waals surface area contributed by atoms with E-state index < -0.39 is 36.1 Å².